The number of nitrogens with zero attached hydrogens (tertiary/aromatic N) is 5. The Labute approximate surface area is 581 Å². The molecule has 18 rings (SSSR count). The SMILES string of the molecule is CC(C)(C)c1ccc2c3ccc(C(C)(C)C)cc3n(-c3cc4c5c(c3)N(c3cc(F)cc(F)c3)c3cc6c(cc3B5c3ccccc3O4)B3c4ccccc4N(c4ccccc4)c4cc(-n5c7cc(C(C)(C)C)ccc7c7ccc(C(C)(C)C)cc75)cc(c43)N6c3cc(F)cc(F)c3)c2c1. The molecule has 6 heterocycles. The first-order chi connectivity index (χ1) is 47.7. The summed E-state index contributed by atoms with van der Waals surface area (Å²) in [5, 5.41) is 4.35. The van der Waals surface area contributed by atoms with Crippen molar-refractivity contribution >= 4 is 141 Å². The summed E-state index contributed by atoms with van der Waals surface area (Å²) in [4.78, 5) is 6.36. The van der Waals surface area contributed by atoms with E-state index in [1.54, 1.807) is 0 Å². The Kier molecular flexibility index (Phi) is 13.2. The Morgan fingerprint density at radius 2 is 0.640 bits per heavy atom. The van der Waals surface area contributed by atoms with Crippen LogP contribution in [0.2, 0.25) is 0 Å². The molecule has 0 bridgehead atoms. The second-order valence-electron chi connectivity index (χ2n) is 32.0. The van der Waals surface area contributed by atoms with Crippen LogP contribution in [0.3, 0.4) is 0 Å². The lowest BCUT2D eigenvalue weighted by Gasteiger charge is -2.46. The van der Waals surface area contributed by atoms with Gasteiger partial charge in [-0.1, -0.05) is 192 Å². The number of hydrogen-bond acceptors (Lipinski definition) is 4. The molecule has 2 aromatic heterocycles. The molecule has 0 spiro atoms. The average Bonchev–Trinajstić information content (AvgIpc) is 0.739. The summed E-state index contributed by atoms with van der Waals surface area (Å²) in [5.74, 6) is -1.72. The molecule has 0 N–H and O–H groups in total. The fourth-order valence-electron chi connectivity index (χ4n) is 16.6. The summed E-state index contributed by atoms with van der Waals surface area (Å²) in [6, 6.07) is 74.9. The van der Waals surface area contributed by atoms with Crippen LogP contribution in [0.4, 0.5) is 68.7 Å². The van der Waals surface area contributed by atoms with Crippen molar-refractivity contribution in [2.45, 2.75) is 105 Å². The van der Waals surface area contributed by atoms with Crippen molar-refractivity contribution in [1.29, 1.82) is 0 Å². The van der Waals surface area contributed by atoms with Gasteiger partial charge in [-0.25, -0.2) is 17.6 Å². The molecule has 0 fully saturated rings. The molecule has 0 saturated heterocycles. The maximum Gasteiger partial charge on any atom is 0.256 e. The van der Waals surface area contributed by atoms with Crippen molar-refractivity contribution in [2.75, 3.05) is 14.7 Å². The highest BCUT2D eigenvalue weighted by Crippen LogP contribution is 2.51. The fourth-order valence-corrected chi connectivity index (χ4v) is 16.6. The van der Waals surface area contributed by atoms with E-state index in [0.717, 1.165) is 128 Å². The van der Waals surface area contributed by atoms with Crippen molar-refractivity contribution in [3.05, 3.63) is 270 Å². The molecule has 4 aliphatic heterocycles. The van der Waals surface area contributed by atoms with E-state index < -0.39 is 36.7 Å². The van der Waals surface area contributed by atoms with Crippen molar-refractivity contribution in [3.8, 4) is 22.9 Å². The maximum absolute atomic E-state index is 16.8. The van der Waals surface area contributed by atoms with Gasteiger partial charge in [-0.05, 0) is 174 Å². The Balaban J connectivity index is 0.979. The maximum atomic E-state index is 16.8. The highest BCUT2D eigenvalue weighted by molar-refractivity contribution is 7.02. The van der Waals surface area contributed by atoms with Crippen LogP contribution in [0.25, 0.3) is 55.0 Å². The number of aromatic nitrogens is 2. The van der Waals surface area contributed by atoms with Gasteiger partial charge in [0.15, 0.2) is 0 Å². The van der Waals surface area contributed by atoms with Gasteiger partial charge in [0, 0.05) is 79.6 Å². The summed E-state index contributed by atoms with van der Waals surface area (Å²) in [6.07, 6.45) is 0. The standard InChI is InChI=1S/C88H73B2F4N5O/c1-85(2,3)50-26-30-63-64-31-27-51(86(4,5)6)35-73(64)96(72(63)34-50)61-44-78-83-79(45-61)98(59-40-54(91)38-55(92)41-59)76-49-77-70(48-69(76)89(83)67-22-16-18-24-71(67)95(78)58-20-14-13-15-21-58)90-68-23-17-19-25-81(68)100-82-47-62(46-80(84(82)90)99(77)60-42-56(93)39-57(94)43-60)97-74-36-52(87(7,8)9)28-32-65(74)66-33-29-53(37-75(66)97)88(10,11)12/h13-49H,1-12H3. The monoisotopic (exact) mass is 1310 g/mol. The fraction of sp³-hybridized carbons (Fsp3) is 0.182. The third-order valence-corrected chi connectivity index (χ3v) is 21.5. The second kappa shape index (κ2) is 21.4. The van der Waals surface area contributed by atoms with Crippen LogP contribution >= 0.6 is 0 Å². The van der Waals surface area contributed by atoms with Gasteiger partial charge in [0.1, 0.15) is 34.8 Å². The third kappa shape index (κ3) is 9.38. The molecule has 100 heavy (non-hydrogen) atoms. The van der Waals surface area contributed by atoms with Gasteiger partial charge in [-0.2, -0.15) is 0 Å². The Bertz CT molecular complexity index is 5680. The molecule has 12 heteroatoms. The lowest BCUT2D eigenvalue weighted by molar-refractivity contribution is 0.487. The van der Waals surface area contributed by atoms with E-state index in [9.17, 15) is 0 Å². The zero-order valence-electron chi connectivity index (χ0n) is 58.2. The number of hydrogen-bond donors (Lipinski definition) is 0. The summed E-state index contributed by atoms with van der Waals surface area (Å²) < 4.78 is 78.9. The van der Waals surface area contributed by atoms with Crippen molar-refractivity contribution in [2.24, 2.45) is 0 Å². The number of benzene rings is 12. The van der Waals surface area contributed by atoms with Gasteiger partial charge in [0.2, 0.25) is 0 Å². The van der Waals surface area contributed by atoms with Crippen LogP contribution in [0.5, 0.6) is 11.5 Å². The minimum Gasteiger partial charge on any atom is -0.458 e. The van der Waals surface area contributed by atoms with Crippen LogP contribution in [0.1, 0.15) is 105 Å². The number of ether oxygens (including phenoxy) is 1. The zero-order valence-corrected chi connectivity index (χ0v) is 58.2. The van der Waals surface area contributed by atoms with Crippen molar-refractivity contribution in [3.63, 3.8) is 0 Å². The molecule has 14 aromatic rings. The van der Waals surface area contributed by atoms with Crippen molar-refractivity contribution < 1.29 is 22.3 Å². The number of fused-ring (bicyclic) bond motifs is 14. The molecule has 0 radical (unpaired) electrons. The first-order valence-electron chi connectivity index (χ1n) is 34.7. The van der Waals surface area contributed by atoms with Crippen LogP contribution < -0.4 is 52.2 Å². The molecule has 490 valence electrons. The van der Waals surface area contributed by atoms with E-state index in [1.807, 2.05) is 34.1 Å². The Morgan fingerprint density at radius 1 is 0.270 bits per heavy atom. The second-order valence-corrected chi connectivity index (χ2v) is 32.0. The van der Waals surface area contributed by atoms with E-state index in [0.29, 0.717) is 34.2 Å². The van der Waals surface area contributed by atoms with E-state index in [1.165, 1.54) is 35.4 Å². The molecule has 12 aromatic carbocycles. The number of para-hydroxylation sites is 3. The minimum absolute atomic E-state index is 0.192. The van der Waals surface area contributed by atoms with Gasteiger partial charge < -0.3 is 28.6 Å². The first-order valence-corrected chi connectivity index (χ1v) is 34.7. The summed E-state index contributed by atoms with van der Waals surface area (Å²) in [6.45, 7) is 25.8. The molecule has 6 nitrogen and oxygen atoms in total. The first kappa shape index (κ1) is 61.6. The normalized spacial score (nSPS) is 14.0. The summed E-state index contributed by atoms with van der Waals surface area (Å²) in [7, 11) is 0. The average molecular weight is 1310 g/mol. The molecular weight excluding hydrogens is 1240 g/mol. The number of halogens is 4. The predicted octanol–water partition coefficient (Wildman–Crippen LogP) is 20.1. The smallest absolute Gasteiger partial charge is 0.256 e. The molecule has 0 atom stereocenters. The Hall–Kier alpha value is -10.7. The largest absolute Gasteiger partial charge is 0.458 e. The van der Waals surface area contributed by atoms with E-state index in [2.05, 4.69) is 261 Å². The lowest BCUT2D eigenvalue weighted by Crippen LogP contribution is -2.64. The van der Waals surface area contributed by atoms with E-state index in [4.69, 9.17) is 4.74 Å². The van der Waals surface area contributed by atoms with E-state index >= 15 is 17.6 Å². The van der Waals surface area contributed by atoms with Gasteiger partial charge in [-0.3, -0.25) is 0 Å². The zero-order chi connectivity index (χ0) is 69.1. The highest BCUT2D eigenvalue weighted by Gasteiger charge is 2.49. The quantitative estimate of drug-likeness (QED) is 0.127. The van der Waals surface area contributed by atoms with Gasteiger partial charge in [-0.15, -0.1) is 0 Å². The summed E-state index contributed by atoms with van der Waals surface area (Å²) >= 11 is 0. The van der Waals surface area contributed by atoms with Gasteiger partial charge in [0.25, 0.3) is 13.4 Å². The Morgan fingerprint density at radius 3 is 1.08 bits per heavy atom. The van der Waals surface area contributed by atoms with Gasteiger partial charge in [0.05, 0.1) is 44.8 Å². The minimum atomic E-state index is -0.753. The van der Waals surface area contributed by atoms with Crippen LogP contribution in [-0.2, 0) is 21.7 Å². The van der Waals surface area contributed by atoms with Crippen molar-refractivity contribution in [1.82, 2.24) is 9.13 Å². The third-order valence-electron chi connectivity index (χ3n) is 21.5. The topological polar surface area (TPSA) is 28.8 Å². The predicted molar refractivity (Wildman–Crippen MR) is 410 cm³/mol. The molecular formula is C88H73B2F4N5O. The summed E-state index contributed by atoms with van der Waals surface area (Å²) in [5.41, 5.74) is 20.9. The van der Waals surface area contributed by atoms with Crippen LogP contribution in [0.15, 0.2) is 224 Å². The van der Waals surface area contributed by atoms with Gasteiger partial charge >= 0.3 is 0 Å². The lowest BCUT2D eigenvalue weighted by atomic mass is 9.30. The molecule has 4 aliphatic rings. The highest BCUT2D eigenvalue weighted by atomic mass is 19.1. The number of anilines is 9. The molecule has 0 amide bonds. The van der Waals surface area contributed by atoms with Crippen LogP contribution in [0, 0.1) is 23.3 Å². The number of rotatable bonds is 5. The van der Waals surface area contributed by atoms with Crippen LogP contribution in [-0.4, -0.2) is 22.6 Å². The molecule has 0 unspecified atom stereocenters. The molecule has 0 saturated carbocycles. The van der Waals surface area contributed by atoms with E-state index in [-0.39, 0.29) is 33.0 Å². The molecule has 0 aliphatic carbocycles.